The first-order valence-corrected chi connectivity index (χ1v) is 7.68. The van der Waals surface area contributed by atoms with Crippen LogP contribution in [0.1, 0.15) is 24.3 Å². The third-order valence-corrected chi connectivity index (χ3v) is 4.07. The van der Waals surface area contributed by atoms with E-state index >= 15 is 0 Å². The van der Waals surface area contributed by atoms with Gasteiger partial charge in [-0.2, -0.15) is 0 Å². The van der Waals surface area contributed by atoms with Crippen LogP contribution in [0.4, 0.5) is 0 Å². The van der Waals surface area contributed by atoms with E-state index in [9.17, 15) is 4.79 Å². The number of ether oxygens (including phenoxy) is 1. The number of benzene rings is 1. The minimum atomic E-state index is -0.283. The van der Waals surface area contributed by atoms with Crippen LogP contribution in [0.3, 0.4) is 0 Å². The predicted octanol–water partition coefficient (Wildman–Crippen LogP) is 3.35. The summed E-state index contributed by atoms with van der Waals surface area (Å²) in [7, 11) is 1.61. The number of hydrogen-bond acceptors (Lipinski definition) is 2. The lowest BCUT2D eigenvalue weighted by Gasteiger charge is -2.21. The average Bonchev–Trinajstić information content (AvgIpc) is 3.04. The van der Waals surface area contributed by atoms with Gasteiger partial charge in [0.1, 0.15) is 6.10 Å². The van der Waals surface area contributed by atoms with Crippen molar-refractivity contribution in [2.75, 3.05) is 13.7 Å². The van der Waals surface area contributed by atoms with E-state index < -0.39 is 0 Å². The molecule has 1 aromatic carbocycles. The molecule has 0 saturated carbocycles. The van der Waals surface area contributed by atoms with Crippen molar-refractivity contribution >= 4 is 17.5 Å². The number of aromatic amines is 1. The minimum absolute atomic E-state index is 0.0338. The van der Waals surface area contributed by atoms with E-state index in [0.717, 1.165) is 16.3 Å². The van der Waals surface area contributed by atoms with Gasteiger partial charge in [0.25, 0.3) is 0 Å². The van der Waals surface area contributed by atoms with Crippen LogP contribution in [0.25, 0.3) is 0 Å². The highest BCUT2D eigenvalue weighted by molar-refractivity contribution is 6.31. The van der Waals surface area contributed by atoms with Gasteiger partial charge in [-0.3, -0.25) is 4.79 Å². The van der Waals surface area contributed by atoms with Crippen molar-refractivity contribution in [1.29, 1.82) is 0 Å². The lowest BCUT2D eigenvalue weighted by Crippen LogP contribution is -2.34. The predicted molar refractivity (Wildman–Crippen MR) is 87.9 cm³/mol. The summed E-state index contributed by atoms with van der Waals surface area (Å²) in [6, 6.07) is 11.5. The molecule has 22 heavy (non-hydrogen) atoms. The van der Waals surface area contributed by atoms with Crippen molar-refractivity contribution in [3.63, 3.8) is 0 Å². The van der Waals surface area contributed by atoms with Gasteiger partial charge >= 0.3 is 0 Å². The van der Waals surface area contributed by atoms with Crippen LogP contribution in [-0.4, -0.2) is 24.5 Å². The van der Waals surface area contributed by atoms with E-state index in [1.165, 1.54) is 0 Å². The molecule has 0 bridgehead atoms. The molecule has 4 nitrogen and oxygen atoms in total. The van der Waals surface area contributed by atoms with Crippen LogP contribution < -0.4 is 5.32 Å². The number of nitrogens with one attached hydrogen (secondary N) is 2. The number of carbonyl (C=O) groups is 1. The quantitative estimate of drug-likeness (QED) is 0.822. The van der Waals surface area contributed by atoms with E-state index in [0.29, 0.717) is 13.0 Å². The smallest absolute Gasteiger partial charge is 0.225 e. The van der Waals surface area contributed by atoms with Crippen LogP contribution in [0.2, 0.25) is 5.02 Å². The molecule has 0 spiro atoms. The molecule has 0 unspecified atom stereocenters. The topological polar surface area (TPSA) is 54.1 Å². The Morgan fingerprint density at radius 1 is 1.32 bits per heavy atom. The Hall–Kier alpha value is -1.78. The Labute approximate surface area is 135 Å². The van der Waals surface area contributed by atoms with Crippen molar-refractivity contribution in [3.8, 4) is 0 Å². The Balaban J connectivity index is 1.87. The summed E-state index contributed by atoms with van der Waals surface area (Å²) in [5.74, 6) is -0.316. The number of amides is 1. The van der Waals surface area contributed by atoms with Gasteiger partial charge in [0.15, 0.2) is 0 Å². The average molecular weight is 321 g/mol. The molecular weight excluding hydrogens is 300 g/mol. The van der Waals surface area contributed by atoms with Crippen LogP contribution in [-0.2, 0) is 16.0 Å². The SMILES string of the molecule is CO[C@@H](c1ccc[nH]1)[C@@H](C)C(=O)NCCc1ccccc1Cl. The molecule has 0 fully saturated rings. The first-order chi connectivity index (χ1) is 10.6. The molecule has 2 atom stereocenters. The van der Waals surface area contributed by atoms with Gasteiger partial charge in [0.2, 0.25) is 5.91 Å². The van der Waals surface area contributed by atoms with Crippen LogP contribution in [0, 0.1) is 5.92 Å². The molecule has 1 aromatic heterocycles. The zero-order valence-corrected chi connectivity index (χ0v) is 13.6. The van der Waals surface area contributed by atoms with E-state index in [2.05, 4.69) is 10.3 Å². The summed E-state index contributed by atoms with van der Waals surface area (Å²) >= 11 is 6.11. The number of aromatic nitrogens is 1. The molecule has 1 amide bonds. The maximum Gasteiger partial charge on any atom is 0.225 e. The fourth-order valence-electron chi connectivity index (χ4n) is 2.44. The summed E-state index contributed by atoms with van der Waals surface area (Å²) < 4.78 is 5.45. The molecule has 0 aliphatic carbocycles. The van der Waals surface area contributed by atoms with Crippen molar-refractivity contribution in [3.05, 3.63) is 58.9 Å². The first-order valence-electron chi connectivity index (χ1n) is 7.30. The molecule has 0 radical (unpaired) electrons. The Morgan fingerprint density at radius 3 is 2.73 bits per heavy atom. The van der Waals surface area contributed by atoms with Crippen LogP contribution >= 0.6 is 11.6 Å². The zero-order chi connectivity index (χ0) is 15.9. The van der Waals surface area contributed by atoms with Gasteiger partial charge in [0.05, 0.1) is 5.92 Å². The molecule has 2 N–H and O–H groups in total. The molecular formula is C17H21ClN2O2. The minimum Gasteiger partial charge on any atom is -0.374 e. The molecule has 1 heterocycles. The normalized spacial score (nSPS) is 13.6. The standard InChI is InChI=1S/C17H21ClN2O2/c1-12(16(22-2)15-8-5-10-19-15)17(21)20-11-9-13-6-3-4-7-14(13)18/h3-8,10,12,16,19H,9,11H2,1-2H3,(H,20,21)/t12-,16-/m1/s1. The third-order valence-electron chi connectivity index (χ3n) is 3.70. The number of rotatable bonds is 7. The molecule has 0 aliphatic heterocycles. The highest BCUT2D eigenvalue weighted by Gasteiger charge is 2.25. The number of H-pyrrole nitrogens is 1. The third kappa shape index (κ3) is 4.12. The van der Waals surface area contributed by atoms with Crippen molar-refractivity contribution in [2.24, 2.45) is 5.92 Å². The largest absolute Gasteiger partial charge is 0.374 e. The Bertz CT molecular complexity index is 598. The summed E-state index contributed by atoms with van der Waals surface area (Å²) in [5, 5.41) is 3.67. The van der Waals surface area contributed by atoms with E-state index in [4.69, 9.17) is 16.3 Å². The maximum atomic E-state index is 12.3. The maximum absolute atomic E-state index is 12.3. The summed E-state index contributed by atoms with van der Waals surface area (Å²) in [5.41, 5.74) is 1.93. The molecule has 5 heteroatoms. The highest BCUT2D eigenvalue weighted by Crippen LogP contribution is 2.24. The lowest BCUT2D eigenvalue weighted by molar-refractivity contribution is -0.129. The van der Waals surface area contributed by atoms with Gasteiger partial charge in [-0.25, -0.2) is 0 Å². The first kappa shape index (κ1) is 16.6. The Morgan fingerprint density at radius 2 is 2.09 bits per heavy atom. The number of halogens is 1. The van der Waals surface area contributed by atoms with Crippen molar-refractivity contribution < 1.29 is 9.53 Å². The van der Waals surface area contributed by atoms with E-state index in [1.807, 2.05) is 49.5 Å². The van der Waals surface area contributed by atoms with Gasteiger partial charge < -0.3 is 15.0 Å². The summed E-state index contributed by atoms with van der Waals surface area (Å²) in [6.45, 7) is 2.41. The summed E-state index contributed by atoms with van der Waals surface area (Å²) in [6.07, 6.45) is 2.25. The van der Waals surface area contributed by atoms with Crippen LogP contribution in [0.15, 0.2) is 42.6 Å². The van der Waals surface area contributed by atoms with Gasteiger partial charge in [-0.15, -0.1) is 0 Å². The molecule has 118 valence electrons. The molecule has 0 aliphatic rings. The lowest BCUT2D eigenvalue weighted by atomic mass is 10.0. The van der Waals surface area contributed by atoms with Gasteiger partial charge in [0, 0.05) is 30.6 Å². The molecule has 2 rings (SSSR count). The Kier molecular flexibility index (Phi) is 6.04. The summed E-state index contributed by atoms with van der Waals surface area (Å²) in [4.78, 5) is 15.4. The number of carbonyl (C=O) groups excluding carboxylic acids is 1. The fraction of sp³-hybridized carbons (Fsp3) is 0.353. The van der Waals surface area contributed by atoms with Crippen molar-refractivity contribution in [2.45, 2.75) is 19.4 Å². The molecule has 2 aromatic rings. The van der Waals surface area contributed by atoms with Crippen LogP contribution in [0.5, 0.6) is 0 Å². The fourth-order valence-corrected chi connectivity index (χ4v) is 2.67. The second kappa shape index (κ2) is 8.01. The van der Waals surface area contributed by atoms with E-state index in [1.54, 1.807) is 7.11 Å². The second-order valence-corrected chi connectivity index (χ2v) is 5.61. The van der Waals surface area contributed by atoms with Crippen molar-refractivity contribution in [1.82, 2.24) is 10.3 Å². The monoisotopic (exact) mass is 320 g/mol. The highest BCUT2D eigenvalue weighted by atomic mass is 35.5. The van der Waals surface area contributed by atoms with Gasteiger partial charge in [-0.1, -0.05) is 36.7 Å². The number of hydrogen-bond donors (Lipinski definition) is 2. The van der Waals surface area contributed by atoms with E-state index in [-0.39, 0.29) is 17.9 Å². The van der Waals surface area contributed by atoms with Gasteiger partial charge in [-0.05, 0) is 30.2 Å². The number of methoxy groups -OCH3 is 1. The zero-order valence-electron chi connectivity index (χ0n) is 12.8. The second-order valence-electron chi connectivity index (χ2n) is 5.20. The molecule has 0 saturated heterocycles.